The van der Waals surface area contributed by atoms with Crippen LogP contribution in [0.2, 0.25) is 0 Å². The Labute approximate surface area is 98.5 Å². The minimum atomic E-state index is -0.925. The molecule has 0 aliphatic heterocycles. The molecule has 0 heterocycles. The first-order chi connectivity index (χ1) is 7.48. The van der Waals surface area contributed by atoms with Gasteiger partial charge < -0.3 is 5.11 Å². The van der Waals surface area contributed by atoms with Crippen LogP contribution in [0.25, 0.3) is 0 Å². The quantitative estimate of drug-likeness (QED) is 0.754. The van der Waals surface area contributed by atoms with Crippen molar-refractivity contribution in [3.8, 4) is 11.8 Å². The Morgan fingerprint density at radius 2 is 1.62 bits per heavy atom. The van der Waals surface area contributed by atoms with Gasteiger partial charge in [-0.15, -0.1) is 0 Å². The third-order valence-electron chi connectivity index (χ3n) is 2.49. The molecule has 0 unspecified atom stereocenters. The molecule has 0 aliphatic rings. The van der Waals surface area contributed by atoms with Crippen LogP contribution < -0.4 is 0 Å². The number of hydrogen-bond donors (Lipinski definition) is 1. The molecular weight excluding hydrogens is 196 g/mol. The second-order valence-electron chi connectivity index (χ2n) is 4.47. The fourth-order valence-corrected chi connectivity index (χ4v) is 1.62. The summed E-state index contributed by atoms with van der Waals surface area (Å²) < 4.78 is 0. The maximum Gasteiger partial charge on any atom is 0.120 e. The van der Waals surface area contributed by atoms with Crippen LogP contribution in [0.3, 0.4) is 0 Å². The van der Waals surface area contributed by atoms with E-state index >= 15 is 0 Å². The maximum atomic E-state index is 9.63. The maximum absolute atomic E-state index is 9.63. The highest BCUT2D eigenvalue weighted by atomic mass is 16.3. The van der Waals surface area contributed by atoms with E-state index in [0.717, 1.165) is 18.4 Å². The normalized spacial score (nSPS) is 10.8. The Kier molecular flexibility index (Phi) is 4.15. The van der Waals surface area contributed by atoms with Crippen LogP contribution in [0, 0.1) is 11.8 Å². The molecule has 0 aliphatic carbocycles. The second kappa shape index (κ2) is 5.18. The van der Waals surface area contributed by atoms with E-state index in [1.54, 1.807) is 13.8 Å². The fraction of sp³-hybridized carbons (Fsp3) is 0.467. The summed E-state index contributed by atoms with van der Waals surface area (Å²) in [6.45, 7) is 7.68. The molecule has 86 valence electrons. The van der Waals surface area contributed by atoms with Crippen LogP contribution >= 0.6 is 0 Å². The van der Waals surface area contributed by atoms with E-state index < -0.39 is 5.60 Å². The lowest BCUT2D eigenvalue weighted by atomic mass is 9.97. The lowest BCUT2D eigenvalue weighted by Crippen LogP contribution is -2.14. The topological polar surface area (TPSA) is 20.2 Å². The van der Waals surface area contributed by atoms with Gasteiger partial charge >= 0.3 is 0 Å². The predicted molar refractivity (Wildman–Crippen MR) is 68.4 cm³/mol. The molecule has 0 saturated heterocycles. The van der Waals surface area contributed by atoms with Crippen LogP contribution in [0.5, 0.6) is 0 Å². The van der Waals surface area contributed by atoms with Gasteiger partial charge in [0.15, 0.2) is 0 Å². The Morgan fingerprint density at radius 1 is 1.12 bits per heavy atom. The van der Waals surface area contributed by atoms with E-state index in [0.29, 0.717) is 0 Å². The van der Waals surface area contributed by atoms with Gasteiger partial charge in [-0.25, -0.2) is 0 Å². The van der Waals surface area contributed by atoms with Gasteiger partial charge in [0.25, 0.3) is 0 Å². The highest BCUT2D eigenvalue weighted by Crippen LogP contribution is 2.15. The van der Waals surface area contributed by atoms with Crippen LogP contribution in [-0.2, 0) is 12.8 Å². The summed E-state index contributed by atoms with van der Waals surface area (Å²) in [7, 11) is 0. The molecule has 1 heteroatoms. The van der Waals surface area contributed by atoms with Crippen molar-refractivity contribution in [1.29, 1.82) is 0 Å². The van der Waals surface area contributed by atoms with Gasteiger partial charge in [0, 0.05) is 5.56 Å². The van der Waals surface area contributed by atoms with Gasteiger partial charge in [0.2, 0.25) is 0 Å². The first kappa shape index (κ1) is 12.8. The van der Waals surface area contributed by atoms with Crippen molar-refractivity contribution in [2.75, 3.05) is 0 Å². The largest absolute Gasteiger partial charge is 0.378 e. The standard InChI is InChI=1S/C15H20O/c1-5-12-8-7-9-13(6-2)14(12)10-11-15(3,4)16/h7-9,16H,5-6H2,1-4H3. The van der Waals surface area contributed by atoms with Crippen molar-refractivity contribution < 1.29 is 5.11 Å². The van der Waals surface area contributed by atoms with Gasteiger partial charge in [-0.2, -0.15) is 0 Å². The molecule has 1 N–H and O–H groups in total. The average molecular weight is 216 g/mol. The van der Waals surface area contributed by atoms with Gasteiger partial charge in [0.05, 0.1) is 0 Å². The summed E-state index contributed by atoms with van der Waals surface area (Å²) in [4.78, 5) is 0. The molecule has 0 saturated carbocycles. The van der Waals surface area contributed by atoms with Crippen molar-refractivity contribution in [3.63, 3.8) is 0 Å². The zero-order valence-corrected chi connectivity index (χ0v) is 10.6. The van der Waals surface area contributed by atoms with Crippen LogP contribution in [-0.4, -0.2) is 10.7 Å². The van der Waals surface area contributed by atoms with Gasteiger partial charge in [-0.1, -0.05) is 43.9 Å². The van der Waals surface area contributed by atoms with E-state index in [2.05, 4.69) is 43.9 Å². The molecular formula is C15H20O. The zero-order chi connectivity index (χ0) is 12.2. The number of aliphatic hydroxyl groups is 1. The molecule has 0 atom stereocenters. The van der Waals surface area contributed by atoms with Gasteiger partial charge in [-0.05, 0) is 37.8 Å². The molecule has 0 bridgehead atoms. The monoisotopic (exact) mass is 216 g/mol. The van der Waals surface area contributed by atoms with Crippen molar-refractivity contribution in [3.05, 3.63) is 34.9 Å². The highest BCUT2D eigenvalue weighted by molar-refractivity contribution is 5.48. The summed E-state index contributed by atoms with van der Waals surface area (Å²) in [5, 5.41) is 9.63. The summed E-state index contributed by atoms with van der Waals surface area (Å²) in [6, 6.07) is 6.29. The number of aryl methyl sites for hydroxylation is 2. The molecule has 1 rings (SSSR count). The van der Waals surface area contributed by atoms with E-state index in [-0.39, 0.29) is 0 Å². The molecule has 0 amide bonds. The van der Waals surface area contributed by atoms with E-state index in [1.165, 1.54) is 11.1 Å². The van der Waals surface area contributed by atoms with Crippen LogP contribution in [0.4, 0.5) is 0 Å². The van der Waals surface area contributed by atoms with Crippen molar-refractivity contribution in [1.82, 2.24) is 0 Å². The first-order valence-electron chi connectivity index (χ1n) is 5.84. The van der Waals surface area contributed by atoms with Gasteiger partial charge in [-0.3, -0.25) is 0 Å². The molecule has 16 heavy (non-hydrogen) atoms. The fourth-order valence-electron chi connectivity index (χ4n) is 1.62. The second-order valence-corrected chi connectivity index (χ2v) is 4.47. The van der Waals surface area contributed by atoms with Crippen molar-refractivity contribution >= 4 is 0 Å². The number of benzene rings is 1. The van der Waals surface area contributed by atoms with E-state index in [4.69, 9.17) is 0 Å². The Morgan fingerprint density at radius 3 is 2.00 bits per heavy atom. The average Bonchev–Trinajstić information content (AvgIpc) is 2.24. The zero-order valence-electron chi connectivity index (χ0n) is 10.6. The lowest BCUT2D eigenvalue weighted by molar-refractivity contribution is 0.143. The summed E-state index contributed by atoms with van der Waals surface area (Å²) >= 11 is 0. The molecule has 1 nitrogen and oxygen atoms in total. The van der Waals surface area contributed by atoms with Crippen molar-refractivity contribution in [2.24, 2.45) is 0 Å². The molecule has 0 spiro atoms. The third kappa shape index (κ3) is 3.40. The Bertz CT molecular complexity index is 391. The van der Waals surface area contributed by atoms with Gasteiger partial charge in [0.1, 0.15) is 5.60 Å². The van der Waals surface area contributed by atoms with Crippen LogP contribution in [0.1, 0.15) is 44.4 Å². The highest BCUT2D eigenvalue weighted by Gasteiger charge is 2.08. The van der Waals surface area contributed by atoms with Crippen molar-refractivity contribution in [2.45, 2.75) is 46.1 Å². The predicted octanol–water partition coefficient (Wildman–Crippen LogP) is 2.93. The van der Waals surface area contributed by atoms with E-state index in [9.17, 15) is 5.11 Å². The SMILES string of the molecule is CCc1cccc(CC)c1C#CC(C)(C)O. The van der Waals surface area contributed by atoms with E-state index in [1.807, 2.05) is 0 Å². The third-order valence-corrected chi connectivity index (χ3v) is 2.49. The number of rotatable bonds is 2. The summed E-state index contributed by atoms with van der Waals surface area (Å²) in [5.41, 5.74) is 2.69. The minimum Gasteiger partial charge on any atom is -0.378 e. The molecule has 1 aromatic rings. The lowest BCUT2D eigenvalue weighted by Gasteiger charge is -2.09. The Balaban J connectivity index is 3.23. The first-order valence-corrected chi connectivity index (χ1v) is 5.84. The minimum absolute atomic E-state index is 0.925. The molecule has 0 radical (unpaired) electrons. The molecule has 0 fully saturated rings. The Hall–Kier alpha value is -1.26. The molecule has 1 aromatic carbocycles. The number of hydrogen-bond acceptors (Lipinski definition) is 1. The van der Waals surface area contributed by atoms with Crippen LogP contribution in [0.15, 0.2) is 18.2 Å². The summed E-state index contributed by atoms with van der Waals surface area (Å²) in [5.74, 6) is 6.02. The summed E-state index contributed by atoms with van der Waals surface area (Å²) in [6.07, 6.45) is 1.95. The smallest absolute Gasteiger partial charge is 0.120 e. The molecule has 0 aromatic heterocycles.